The average molecular weight is 395 g/mol. The van der Waals surface area contributed by atoms with E-state index in [1.54, 1.807) is 23.1 Å². The van der Waals surface area contributed by atoms with Crippen LogP contribution in [0.25, 0.3) is 0 Å². The third kappa shape index (κ3) is 4.68. The van der Waals surface area contributed by atoms with Crippen LogP contribution in [0.3, 0.4) is 0 Å². The van der Waals surface area contributed by atoms with Gasteiger partial charge in [-0.2, -0.15) is 5.26 Å². The number of nitro groups is 1. The van der Waals surface area contributed by atoms with E-state index in [0.717, 1.165) is 5.69 Å². The molecule has 1 N–H and O–H groups in total. The summed E-state index contributed by atoms with van der Waals surface area (Å²) >= 11 is 0. The molecule has 1 amide bonds. The Morgan fingerprint density at radius 1 is 1.14 bits per heavy atom. The molecule has 0 spiro atoms. The standard InChI is InChI=1S/C20H18FN5O3/c21-16-5-7-17(8-6-16)24-9-11-25(12-10-24)20(27)15(13-22)14-23-18-3-1-2-4-19(18)26(28)29/h1-8,14,23H,9-12H2/b15-14-. The van der Waals surface area contributed by atoms with Crippen molar-refractivity contribution in [3.8, 4) is 6.07 Å². The summed E-state index contributed by atoms with van der Waals surface area (Å²) < 4.78 is 13.1. The van der Waals surface area contributed by atoms with E-state index >= 15 is 0 Å². The van der Waals surface area contributed by atoms with Crippen molar-refractivity contribution in [3.63, 3.8) is 0 Å². The molecule has 0 aliphatic carbocycles. The second kappa shape index (κ2) is 8.84. The van der Waals surface area contributed by atoms with Crippen molar-refractivity contribution in [2.45, 2.75) is 0 Å². The highest BCUT2D eigenvalue weighted by atomic mass is 19.1. The minimum absolute atomic E-state index is 0.140. The number of rotatable bonds is 5. The van der Waals surface area contributed by atoms with Crippen LogP contribution in [0, 0.1) is 27.3 Å². The van der Waals surface area contributed by atoms with Crippen LogP contribution in [0.15, 0.2) is 60.3 Å². The molecule has 148 valence electrons. The van der Waals surface area contributed by atoms with Crippen molar-refractivity contribution in [2.75, 3.05) is 36.4 Å². The maximum atomic E-state index is 13.1. The molecule has 0 atom stereocenters. The fourth-order valence-corrected chi connectivity index (χ4v) is 3.04. The van der Waals surface area contributed by atoms with Gasteiger partial charge in [0.2, 0.25) is 0 Å². The molecule has 3 rings (SSSR count). The number of nitrogens with one attached hydrogen (secondary N) is 1. The van der Waals surface area contributed by atoms with Gasteiger partial charge in [0.25, 0.3) is 11.6 Å². The number of hydrogen-bond acceptors (Lipinski definition) is 6. The van der Waals surface area contributed by atoms with Gasteiger partial charge >= 0.3 is 0 Å². The molecule has 0 aromatic heterocycles. The molecule has 29 heavy (non-hydrogen) atoms. The number of benzene rings is 2. The number of carbonyl (C=O) groups excluding carboxylic acids is 1. The molecular formula is C20H18FN5O3. The largest absolute Gasteiger partial charge is 0.368 e. The zero-order chi connectivity index (χ0) is 20.8. The quantitative estimate of drug-likeness (QED) is 0.361. The van der Waals surface area contributed by atoms with Crippen LogP contribution in [0.1, 0.15) is 0 Å². The van der Waals surface area contributed by atoms with Crippen LogP contribution in [0.5, 0.6) is 0 Å². The molecule has 2 aromatic carbocycles. The summed E-state index contributed by atoms with van der Waals surface area (Å²) in [6.45, 7) is 1.91. The van der Waals surface area contributed by atoms with Crippen molar-refractivity contribution in [3.05, 3.63) is 76.2 Å². The molecular weight excluding hydrogens is 377 g/mol. The zero-order valence-electron chi connectivity index (χ0n) is 15.4. The van der Waals surface area contributed by atoms with Gasteiger partial charge in [-0.15, -0.1) is 0 Å². The molecule has 1 aliphatic rings. The predicted octanol–water partition coefficient (Wildman–Crippen LogP) is 2.90. The lowest BCUT2D eigenvalue weighted by Crippen LogP contribution is -2.49. The third-order valence-corrected chi connectivity index (χ3v) is 4.58. The van der Waals surface area contributed by atoms with Gasteiger partial charge in [0.05, 0.1) is 4.92 Å². The van der Waals surface area contributed by atoms with Crippen molar-refractivity contribution in [1.82, 2.24) is 4.90 Å². The van der Waals surface area contributed by atoms with Crippen LogP contribution in [-0.2, 0) is 4.79 Å². The molecule has 1 aliphatic heterocycles. The van der Waals surface area contributed by atoms with E-state index in [4.69, 9.17) is 0 Å². The van der Waals surface area contributed by atoms with Crippen molar-refractivity contribution in [1.29, 1.82) is 5.26 Å². The molecule has 0 saturated carbocycles. The molecule has 1 heterocycles. The molecule has 1 saturated heterocycles. The number of hydrogen-bond donors (Lipinski definition) is 1. The number of carbonyl (C=O) groups is 1. The Hall–Kier alpha value is -3.93. The SMILES string of the molecule is N#C/C(=C/Nc1ccccc1[N+](=O)[O-])C(=O)N1CCN(c2ccc(F)cc2)CC1. The summed E-state index contributed by atoms with van der Waals surface area (Å²) in [4.78, 5) is 26.8. The minimum atomic E-state index is -0.543. The van der Waals surface area contributed by atoms with Gasteiger partial charge in [-0.1, -0.05) is 12.1 Å². The molecule has 0 bridgehead atoms. The van der Waals surface area contributed by atoms with Crippen LogP contribution in [0.4, 0.5) is 21.5 Å². The number of amides is 1. The Morgan fingerprint density at radius 2 is 1.79 bits per heavy atom. The minimum Gasteiger partial charge on any atom is -0.368 e. The highest BCUT2D eigenvalue weighted by Gasteiger charge is 2.24. The average Bonchev–Trinajstić information content (AvgIpc) is 2.75. The van der Waals surface area contributed by atoms with Crippen LogP contribution < -0.4 is 10.2 Å². The van der Waals surface area contributed by atoms with E-state index in [1.807, 2.05) is 11.0 Å². The van der Waals surface area contributed by atoms with Crippen LogP contribution in [-0.4, -0.2) is 41.9 Å². The molecule has 9 heteroatoms. The fourth-order valence-electron chi connectivity index (χ4n) is 3.04. The van der Waals surface area contributed by atoms with E-state index in [-0.39, 0.29) is 22.8 Å². The summed E-state index contributed by atoms with van der Waals surface area (Å²) in [6, 6.07) is 14.0. The van der Waals surface area contributed by atoms with E-state index in [9.17, 15) is 24.6 Å². The van der Waals surface area contributed by atoms with Crippen molar-refractivity contribution in [2.24, 2.45) is 0 Å². The Labute approximate surface area is 166 Å². The number of halogens is 1. The van der Waals surface area contributed by atoms with Gasteiger partial charge in [-0.05, 0) is 30.3 Å². The van der Waals surface area contributed by atoms with Crippen LogP contribution in [0.2, 0.25) is 0 Å². The van der Waals surface area contributed by atoms with E-state index in [2.05, 4.69) is 5.32 Å². The lowest BCUT2D eigenvalue weighted by Gasteiger charge is -2.36. The predicted molar refractivity (Wildman–Crippen MR) is 106 cm³/mol. The van der Waals surface area contributed by atoms with Gasteiger partial charge in [0.1, 0.15) is 23.1 Å². The molecule has 8 nitrogen and oxygen atoms in total. The smallest absolute Gasteiger partial charge is 0.292 e. The first-order valence-electron chi connectivity index (χ1n) is 8.89. The van der Waals surface area contributed by atoms with Gasteiger partial charge in [-0.25, -0.2) is 4.39 Å². The van der Waals surface area contributed by atoms with Crippen LogP contribution >= 0.6 is 0 Å². The van der Waals surface area contributed by atoms with Gasteiger partial charge < -0.3 is 15.1 Å². The number of nitro benzene ring substituents is 1. The number of para-hydroxylation sites is 2. The second-order valence-electron chi connectivity index (χ2n) is 6.34. The number of nitrogens with zero attached hydrogens (tertiary/aromatic N) is 4. The van der Waals surface area contributed by atoms with E-state index in [0.29, 0.717) is 26.2 Å². The molecule has 2 aromatic rings. The normalized spacial score (nSPS) is 14.3. The third-order valence-electron chi connectivity index (χ3n) is 4.58. The molecule has 0 unspecified atom stereocenters. The fraction of sp³-hybridized carbons (Fsp3) is 0.200. The summed E-state index contributed by atoms with van der Waals surface area (Å²) in [5, 5.41) is 23.1. The summed E-state index contributed by atoms with van der Waals surface area (Å²) in [5.41, 5.74) is 0.770. The van der Waals surface area contributed by atoms with Gasteiger partial charge in [-0.3, -0.25) is 14.9 Å². The second-order valence-corrected chi connectivity index (χ2v) is 6.34. The van der Waals surface area contributed by atoms with Crippen molar-refractivity contribution < 1.29 is 14.1 Å². The summed E-state index contributed by atoms with van der Waals surface area (Å²) in [5.74, 6) is -0.755. The lowest BCUT2D eigenvalue weighted by molar-refractivity contribution is -0.383. The number of anilines is 2. The Morgan fingerprint density at radius 3 is 2.41 bits per heavy atom. The molecule has 1 fully saturated rings. The first kappa shape index (κ1) is 19.8. The van der Waals surface area contributed by atoms with Gasteiger partial charge in [0.15, 0.2) is 0 Å². The summed E-state index contributed by atoms with van der Waals surface area (Å²) in [6.07, 6.45) is 1.19. The molecule has 0 radical (unpaired) electrons. The highest BCUT2D eigenvalue weighted by Crippen LogP contribution is 2.23. The maximum Gasteiger partial charge on any atom is 0.292 e. The van der Waals surface area contributed by atoms with Crippen molar-refractivity contribution >= 4 is 23.0 Å². The lowest BCUT2D eigenvalue weighted by atomic mass is 10.2. The zero-order valence-corrected chi connectivity index (χ0v) is 15.4. The van der Waals surface area contributed by atoms with Gasteiger partial charge in [0, 0.05) is 44.1 Å². The summed E-state index contributed by atoms with van der Waals surface area (Å²) in [7, 11) is 0. The highest BCUT2D eigenvalue weighted by molar-refractivity contribution is 5.97. The number of piperazine rings is 1. The Balaban J connectivity index is 1.65. The topological polar surface area (TPSA) is 103 Å². The Kier molecular flexibility index (Phi) is 6.04. The van der Waals surface area contributed by atoms with E-state index < -0.39 is 10.8 Å². The first-order valence-corrected chi connectivity index (χ1v) is 8.89. The van der Waals surface area contributed by atoms with E-state index in [1.165, 1.54) is 36.5 Å². The monoisotopic (exact) mass is 395 g/mol. The Bertz CT molecular complexity index is 976. The first-order chi connectivity index (χ1) is 14.0. The number of nitriles is 1. The maximum absolute atomic E-state index is 13.1.